The highest BCUT2D eigenvalue weighted by molar-refractivity contribution is 6.42. The van der Waals surface area contributed by atoms with Crippen LogP contribution in [0, 0.1) is 12.7 Å². The van der Waals surface area contributed by atoms with Crippen molar-refractivity contribution in [3.63, 3.8) is 0 Å². The fraction of sp³-hybridized carbons (Fsp3) is 0.250. The molecule has 0 saturated heterocycles. The minimum absolute atomic E-state index is 0.232. The molecule has 0 fully saturated rings. The van der Waals surface area contributed by atoms with Crippen molar-refractivity contribution >= 4 is 23.2 Å². The van der Waals surface area contributed by atoms with Crippen molar-refractivity contribution in [1.29, 1.82) is 0 Å². The third kappa shape index (κ3) is 3.55. The van der Waals surface area contributed by atoms with E-state index >= 15 is 0 Å². The average Bonchev–Trinajstić information content (AvgIpc) is 2.43. The summed E-state index contributed by atoms with van der Waals surface area (Å²) in [5, 5.41) is 11.4. The fourth-order valence-corrected chi connectivity index (χ4v) is 2.68. The molecule has 3 N–H and O–H groups in total. The van der Waals surface area contributed by atoms with Crippen LogP contribution in [0.5, 0.6) is 0 Å². The summed E-state index contributed by atoms with van der Waals surface area (Å²) in [6.07, 6.45) is -0.840. The van der Waals surface area contributed by atoms with Gasteiger partial charge in [-0.3, -0.25) is 0 Å². The summed E-state index contributed by atoms with van der Waals surface area (Å²) in [6, 6.07) is 9.45. The summed E-state index contributed by atoms with van der Waals surface area (Å²) in [7, 11) is 0. The van der Waals surface area contributed by atoms with Crippen LogP contribution < -0.4 is 5.73 Å². The quantitative estimate of drug-likeness (QED) is 0.883. The number of aliphatic hydroxyl groups excluding tert-OH is 1. The van der Waals surface area contributed by atoms with Gasteiger partial charge in [0.2, 0.25) is 0 Å². The molecule has 0 bridgehead atoms. The smallest absolute Gasteiger partial charge is 0.123 e. The zero-order valence-electron chi connectivity index (χ0n) is 11.5. The molecule has 5 heteroatoms. The van der Waals surface area contributed by atoms with E-state index in [1.165, 1.54) is 12.1 Å². The maximum atomic E-state index is 13.2. The highest BCUT2D eigenvalue weighted by atomic mass is 35.5. The maximum absolute atomic E-state index is 13.2. The first kappa shape index (κ1) is 16.2. The van der Waals surface area contributed by atoms with Gasteiger partial charge in [-0.2, -0.15) is 0 Å². The first-order chi connectivity index (χ1) is 9.93. The molecule has 112 valence electrons. The van der Waals surface area contributed by atoms with E-state index in [4.69, 9.17) is 28.9 Å². The normalized spacial score (nSPS) is 14.0. The zero-order valence-corrected chi connectivity index (χ0v) is 13.0. The fourth-order valence-electron chi connectivity index (χ4n) is 2.38. The van der Waals surface area contributed by atoms with E-state index < -0.39 is 6.10 Å². The third-order valence-corrected chi connectivity index (χ3v) is 4.30. The van der Waals surface area contributed by atoms with E-state index in [-0.39, 0.29) is 18.3 Å². The molecule has 0 spiro atoms. The zero-order chi connectivity index (χ0) is 15.6. The molecule has 2 aromatic rings. The van der Waals surface area contributed by atoms with Gasteiger partial charge in [0.1, 0.15) is 5.82 Å². The van der Waals surface area contributed by atoms with Crippen LogP contribution in [0.15, 0.2) is 36.4 Å². The molecule has 0 saturated carbocycles. The van der Waals surface area contributed by atoms with Crippen LogP contribution >= 0.6 is 23.2 Å². The van der Waals surface area contributed by atoms with Gasteiger partial charge in [-0.25, -0.2) is 4.39 Å². The van der Waals surface area contributed by atoms with E-state index in [9.17, 15) is 9.50 Å². The average molecular weight is 328 g/mol. The van der Waals surface area contributed by atoms with Gasteiger partial charge in [-0.1, -0.05) is 35.3 Å². The second kappa shape index (κ2) is 6.75. The van der Waals surface area contributed by atoms with Gasteiger partial charge in [-0.15, -0.1) is 0 Å². The van der Waals surface area contributed by atoms with Crippen molar-refractivity contribution in [2.75, 3.05) is 6.54 Å². The minimum Gasteiger partial charge on any atom is -0.388 e. The molecule has 0 amide bonds. The number of hydrogen-bond donors (Lipinski definition) is 2. The van der Waals surface area contributed by atoms with Crippen LogP contribution in [0.3, 0.4) is 0 Å². The number of aryl methyl sites for hydroxylation is 1. The van der Waals surface area contributed by atoms with Gasteiger partial charge in [0.15, 0.2) is 0 Å². The van der Waals surface area contributed by atoms with Gasteiger partial charge < -0.3 is 10.8 Å². The Labute approximate surface area is 133 Å². The topological polar surface area (TPSA) is 46.2 Å². The van der Waals surface area contributed by atoms with Crippen molar-refractivity contribution in [3.8, 4) is 0 Å². The largest absolute Gasteiger partial charge is 0.388 e. The lowest BCUT2D eigenvalue weighted by Crippen LogP contribution is -2.21. The molecule has 0 heterocycles. The number of nitrogens with two attached hydrogens (primary N) is 1. The lowest BCUT2D eigenvalue weighted by atomic mass is 9.87. The number of benzene rings is 2. The van der Waals surface area contributed by atoms with Crippen LogP contribution in [0.25, 0.3) is 0 Å². The molecule has 2 aromatic carbocycles. The number of aliphatic hydroxyl groups is 1. The number of hydrogen-bond acceptors (Lipinski definition) is 2. The van der Waals surface area contributed by atoms with Gasteiger partial charge >= 0.3 is 0 Å². The Bertz CT molecular complexity index is 648. The van der Waals surface area contributed by atoms with Gasteiger partial charge in [-0.05, 0) is 47.9 Å². The molecule has 2 rings (SSSR count). The minimum atomic E-state index is -0.840. The monoisotopic (exact) mass is 327 g/mol. The van der Waals surface area contributed by atoms with E-state index in [0.29, 0.717) is 21.2 Å². The Morgan fingerprint density at radius 2 is 1.86 bits per heavy atom. The number of halogens is 3. The Balaban J connectivity index is 2.37. The molecule has 0 aliphatic carbocycles. The summed E-state index contributed by atoms with van der Waals surface area (Å²) in [5.74, 6) is -0.675. The van der Waals surface area contributed by atoms with Crippen LogP contribution in [0.2, 0.25) is 10.0 Å². The molecule has 2 atom stereocenters. The van der Waals surface area contributed by atoms with Crippen molar-refractivity contribution < 1.29 is 9.50 Å². The Hall–Kier alpha value is -1.13. The summed E-state index contributed by atoms with van der Waals surface area (Å²) in [6.45, 7) is 1.99. The van der Waals surface area contributed by atoms with Crippen molar-refractivity contribution in [1.82, 2.24) is 0 Å². The lowest BCUT2D eigenvalue weighted by Gasteiger charge is -2.24. The molecule has 2 nitrogen and oxygen atoms in total. The first-order valence-electron chi connectivity index (χ1n) is 6.53. The standard InChI is InChI=1S/C16H16Cl2FNO/c1-9-6-11(19)3-4-12(9)16(21)13(8-20)10-2-5-14(17)15(18)7-10/h2-7,13,16,21H,8,20H2,1H3. The van der Waals surface area contributed by atoms with Crippen molar-refractivity contribution in [2.45, 2.75) is 18.9 Å². The van der Waals surface area contributed by atoms with Crippen LogP contribution in [-0.4, -0.2) is 11.7 Å². The maximum Gasteiger partial charge on any atom is 0.123 e. The SMILES string of the molecule is Cc1cc(F)ccc1C(O)C(CN)c1ccc(Cl)c(Cl)c1. The lowest BCUT2D eigenvalue weighted by molar-refractivity contribution is 0.146. The summed E-state index contributed by atoms with van der Waals surface area (Å²) in [4.78, 5) is 0. The third-order valence-electron chi connectivity index (χ3n) is 3.56. The van der Waals surface area contributed by atoms with E-state index in [1.54, 1.807) is 31.2 Å². The molecule has 21 heavy (non-hydrogen) atoms. The predicted molar refractivity (Wildman–Crippen MR) is 84.4 cm³/mol. The van der Waals surface area contributed by atoms with Crippen molar-refractivity contribution in [2.24, 2.45) is 5.73 Å². The molecule has 0 radical (unpaired) electrons. The Kier molecular flexibility index (Phi) is 5.22. The van der Waals surface area contributed by atoms with E-state index in [0.717, 1.165) is 5.56 Å². The van der Waals surface area contributed by atoms with E-state index in [1.807, 2.05) is 0 Å². The van der Waals surface area contributed by atoms with Gasteiger partial charge in [0.05, 0.1) is 16.1 Å². The molecular weight excluding hydrogens is 312 g/mol. The van der Waals surface area contributed by atoms with Crippen molar-refractivity contribution in [3.05, 3.63) is 69.0 Å². The summed E-state index contributed by atoms with van der Waals surface area (Å²) < 4.78 is 13.2. The van der Waals surface area contributed by atoms with E-state index in [2.05, 4.69) is 0 Å². The van der Waals surface area contributed by atoms with Crippen LogP contribution in [-0.2, 0) is 0 Å². The predicted octanol–water partition coefficient (Wildman–Crippen LogP) is 4.22. The molecule has 0 aromatic heterocycles. The van der Waals surface area contributed by atoms with Gasteiger partial charge in [0.25, 0.3) is 0 Å². The highest BCUT2D eigenvalue weighted by Crippen LogP contribution is 2.34. The molecule has 0 aliphatic heterocycles. The highest BCUT2D eigenvalue weighted by Gasteiger charge is 2.23. The number of rotatable bonds is 4. The molecular formula is C16H16Cl2FNO. The first-order valence-corrected chi connectivity index (χ1v) is 7.28. The van der Waals surface area contributed by atoms with Crippen LogP contribution in [0.1, 0.15) is 28.7 Å². The summed E-state index contributed by atoms with van der Waals surface area (Å²) in [5.41, 5.74) is 7.93. The Morgan fingerprint density at radius 3 is 2.43 bits per heavy atom. The molecule has 0 aliphatic rings. The van der Waals surface area contributed by atoms with Crippen LogP contribution in [0.4, 0.5) is 4.39 Å². The molecule has 2 unspecified atom stereocenters. The Morgan fingerprint density at radius 1 is 1.14 bits per heavy atom. The second-order valence-electron chi connectivity index (χ2n) is 4.96. The van der Waals surface area contributed by atoms with Gasteiger partial charge in [0, 0.05) is 12.5 Å². The summed E-state index contributed by atoms with van der Waals surface area (Å²) >= 11 is 11.9. The second-order valence-corrected chi connectivity index (χ2v) is 5.78.